The Kier molecular flexibility index (Phi) is 4.36. The fraction of sp³-hybridized carbons (Fsp3) is 0.231. The summed E-state index contributed by atoms with van der Waals surface area (Å²) in [6.45, 7) is 2.72. The molecule has 0 radical (unpaired) electrons. The normalized spacial score (nSPS) is 10.1. The predicted octanol–water partition coefficient (Wildman–Crippen LogP) is 2.90. The Balaban J connectivity index is 1.80. The summed E-state index contributed by atoms with van der Waals surface area (Å²) in [7, 11) is 0. The number of aryl methyl sites for hydroxylation is 1. The highest BCUT2D eigenvalue weighted by molar-refractivity contribution is 6.28. The molecule has 2 rings (SSSR count). The van der Waals surface area contributed by atoms with Crippen molar-refractivity contribution in [2.24, 2.45) is 0 Å². The number of halogens is 1. The van der Waals surface area contributed by atoms with Crippen LogP contribution < -0.4 is 9.47 Å². The molecule has 0 unspecified atom stereocenters. The summed E-state index contributed by atoms with van der Waals surface area (Å²) in [6, 6.07) is 9.57. The average molecular weight is 265 g/mol. The maximum absolute atomic E-state index is 5.69. The molecule has 1 heterocycles. The van der Waals surface area contributed by atoms with Crippen LogP contribution in [0.5, 0.6) is 11.6 Å². The number of hydrogen-bond donors (Lipinski definition) is 0. The lowest BCUT2D eigenvalue weighted by atomic mass is 10.3. The summed E-state index contributed by atoms with van der Waals surface area (Å²) in [5, 5.41) is 0.180. The fourth-order valence-electron chi connectivity index (χ4n) is 1.37. The predicted molar refractivity (Wildman–Crippen MR) is 69.2 cm³/mol. The Labute approximate surface area is 111 Å². The first-order chi connectivity index (χ1) is 8.75. The minimum absolute atomic E-state index is 0.180. The molecule has 18 heavy (non-hydrogen) atoms. The van der Waals surface area contributed by atoms with Crippen molar-refractivity contribution in [2.75, 3.05) is 13.2 Å². The van der Waals surface area contributed by atoms with E-state index in [4.69, 9.17) is 21.1 Å². The van der Waals surface area contributed by atoms with Crippen LogP contribution in [0.1, 0.15) is 5.56 Å². The van der Waals surface area contributed by atoms with Gasteiger partial charge in [0.2, 0.25) is 11.2 Å². The Morgan fingerprint density at radius 1 is 1.11 bits per heavy atom. The SMILES string of the molecule is Cc1cnc(Cl)nc1OCCOc1ccccc1. The Morgan fingerprint density at radius 2 is 1.83 bits per heavy atom. The standard InChI is InChI=1S/C13H13ClN2O2/c1-10-9-15-13(14)16-12(10)18-8-7-17-11-5-3-2-4-6-11/h2-6,9H,7-8H2,1H3. The third-order valence-electron chi connectivity index (χ3n) is 2.23. The molecule has 0 aliphatic rings. The highest BCUT2D eigenvalue weighted by atomic mass is 35.5. The summed E-state index contributed by atoms with van der Waals surface area (Å²) in [5.74, 6) is 1.31. The zero-order valence-corrected chi connectivity index (χ0v) is 10.7. The van der Waals surface area contributed by atoms with Crippen molar-refractivity contribution in [3.8, 4) is 11.6 Å². The van der Waals surface area contributed by atoms with Crippen molar-refractivity contribution in [3.63, 3.8) is 0 Å². The van der Waals surface area contributed by atoms with Gasteiger partial charge < -0.3 is 9.47 Å². The molecule has 0 N–H and O–H groups in total. The van der Waals surface area contributed by atoms with Gasteiger partial charge in [-0.05, 0) is 30.7 Å². The van der Waals surface area contributed by atoms with Crippen molar-refractivity contribution in [1.29, 1.82) is 0 Å². The van der Waals surface area contributed by atoms with Crippen LogP contribution in [0, 0.1) is 6.92 Å². The molecule has 0 fully saturated rings. The van der Waals surface area contributed by atoms with Crippen molar-refractivity contribution >= 4 is 11.6 Å². The van der Waals surface area contributed by atoms with Crippen LogP contribution in [0.3, 0.4) is 0 Å². The van der Waals surface area contributed by atoms with Crippen LogP contribution in [0.4, 0.5) is 0 Å². The minimum Gasteiger partial charge on any atom is -0.490 e. The molecule has 1 aromatic heterocycles. The number of nitrogens with zero attached hydrogens (tertiary/aromatic N) is 2. The number of hydrogen-bond acceptors (Lipinski definition) is 4. The van der Waals surface area contributed by atoms with Gasteiger partial charge in [-0.25, -0.2) is 4.98 Å². The quantitative estimate of drug-likeness (QED) is 0.615. The molecule has 5 heteroatoms. The highest BCUT2D eigenvalue weighted by Gasteiger charge is 2.03. The molecule has 4 nitrogen and oxygen atoms in total. The number of para-hydroxylation sites is 1. The van der Waals surface area contributed by atoms with Gasteiger partial charge in [-0.2, -0.15) is 4.98 Å². The fourth-order valence-corrected chi connectivity index (χ4v) is 1.49. The minimum atomic E-state index is 0.180. The van der Waals surface area contributed by atoms with Crippen LogP contribution in [-0.4, -0.2) is 23.2 Å². The maximum Gasteiger partial charge on any atom is 0.225 e. The van der Waals surface area contributed by atoms with Crippen LogP contribution in [0.15, 0.2) is 36.5 Å². The van der Waals surface area contributed by atoms with Crippen molar-refractivity contribution in [2.45, 2.75) is 6.92 Å². The van der Waals surface area contributed by atoms with Gasteiger partial charge in [0, 0.05) is 11.8 Å². The van der Waals surface area contributed by atoms with Crippen molar-refractivity contribution < 1.29 is 9.47 Å². The number of rotatable bonds is 5. The maximum atomic E-state index is 5.69. The first-order valence-electron chi connectivity index (χ1n) is 5.55. The Morgan fingerprint density at radius 3 is 2.61 bits per heavy atom. The lowest BCUT2D eigenvalue weighted by Crippen LogP contribution is -2.10. The third kappa shape index (κ3) is 3.60. The molecule has 0 atom stereocenters. The van der Waals surface area contributed by atoms with Gasteiger partial charge in [0.05, 0.1) is 0 Å². The van der Waals surface area contributed by atoms with Gasteiger partial charge in [-0.3, -0.25) is 0 Å². The number of benzene rings is 1. The monoisotopic (exact) mass is 264 g/mol. The zero-order valence-electron chi connectivity index (χ0n) is 9.97. The summed E-state index contributed by atoms with van der Waals surface area (Å²) < 4.78 is 11.0. The third-order valence-corrected chi connectivity index (χ3v) is 2.41. The smallest absolute Gasteiger partial charge is 0.225 e. The van der Waals surface area contributed by atoms with Gasteiger partial charge in [-0.1, -0.05) is 18.2 Å². The lowest BCUT2D eigenvalue weighted by Gasteiger charge is -2.09. The first-order valence-corrected chi connectivity index (χ1v) is 5.93. The summed E-state index contributed by atoms with van der Waals surface area (Å²) in [5.41, 5.74) is 0.846. The molecule has 0 spiro atoms. The van der Waals surface area contributed by atoms with E-state index in [0.29, 0.717) is 19.1 Å². The van der Waals surface area contributed by atoms with E-state index in [1.54, 1.807) is 6.20 Å². The molecule has 0 aliphatic heterocycles. The van der Waals surface area contributed by atoms with E-state index in [2.05, 4.69) is 9.97 Å². The van der Waals surface area contributed by atoms with Gasteiger partial charge >= 0.3 is 0 Å². The highest BCUT2D eigenvalue weighted by Crippen LogP contribution is 2.15. The van der Waals surface area contributed by atoms with Crippen LogP contribution in [0.25, 0.3) is 0 Å². The second-order valence-corrected chi connectivity index (χ2v) is 3.98. The molecule has 1 aromatic carbocycles. The largest absolute Gasteiger partial charge is 0.490 e. The van der Waals surface area contributed by atoms with E-state index in [9.17, 15) is 0 Å². The zero-order chi connectivity index (χ0) is 12.8. The van der Waals surface area contributed by atoms with Gasteiger partial charge in [0.1, 0.15) is 19.0 Å². The van der Waals surface area contributed by atoms with E-state index in [1.165, 1.54) is 0 Å². The molecule has 0 saturated heterocycles. The second kappa shape index (κ2) is 6.21. The molecule has 94 valence electrons. The Bertz CT molecular complexity index is 506. The molecule has 0 aliphatic carbocycles. The van der Waals surface area contributed by atoms with E-state index in [1.807, 2.05) is 37.3 Å². The lowest BCUT2D eigenvalue weighted by molar-refractivity contribution is 0.211. The van der Waals surface area contributed by atoms with E-state index in [0.717, 1.165) is 11.3 Å². The molecule has 0 saturated carbocycles. The topological polar surface area (TPSA) is 44.2 Å². The van der Waals surface area contributed by atoms with Crippen LogP contribution in [-0.2, 0) is 0 Å². The molecule has 2 aromatic rings. The van der Waals surface area contributed by atoms with E-state index >= 15 is 0 Å². The van der Waals surface area contributed by atoms with Crippen LogP contribution >= 0.6 is 11.6 Å². The molecular weight excluding hydrogens is 252 g/mol. The first kappa shape index (κ1) is 12.6. The van der Waals surface area contributed by atoms with Crippen molar-refractivity contribution in [3.05, 3.63) is 47.4 Å². The van der Waals surface area contributed by atoms with Crippen LogP contribution in [0.2, 0.25) is 5.28 Å². The van der Waals surface area contributed by atoms with Gasteiger partial charge in [0.15, 0.2) is 0 Å². The van der Waals surface area contributed by atoms with Crippen molar-refractivity contribution in [1.82, 2.24) is 9.97 Å². The summed E-state index contributed by atoms with van der Waals surface area (Å²) in [6.07, 6.45) is 1.63. The molecule has 0 bridgehead atoms. The molecule has 0 amide bonds. The number of ether oxygens (including phenoxy) is 2. The second-order valence-electron chi connectivity index (χ2n) is 3.64. The summed E-state index contributed by atoms with van der Waals surface area (Å²) in [4.78, 5) is 7.85. The van der Waals surface area contributed by atoms with Gasteiger partial charge in [-0.15, -0.1) is 0 Å². The van der Waals surface area contributed by atoms with Gasteiger partial charge in [0.25, 0.3) is 0 Å². The average Bonchev–Trinajstić information content (AvgIpc) is 2.40. The van der Waals surface area contributed by atoms with E-state index in [-0.39, 0.29) is 5.28 Å². The number of aromatic nitrogens is 2. The van der Waals surface area contributed by atoms with E-state index < -0.39 is 0 Å². The summed E-state index contributed by atoms with van der Waals surface area (Å²) >= 11 is 5.69. The molecular formula is C13H13ClN2O2. The Hall–Kier alpha value is -1.81.